The molecule has 1 aromatic rings. The quantitative estimate of drug-likeness (QED) is 0.867. The molecular formula is C16H21NO3S. The van der Waals surface area contributed by atoms with Crippen LogP contribution < -0.4 is 5.32 Å². The number of ether oxygens (including phenoxy) is 1. The summed E-state index contributed by atoms with van der Waals surface area (Å²) < 4.78 is 5.19. The Bertz CT molecular complexity index is 574. The summed E-state index contributed by atoms with van der Waals surface area (Å²) >= 11 is 1.56. The molecule has 0 spiro atoms. The van der Waals surface area contributed by atoms with Crippen LogP contribution in [-0.2, 0) is 22.4 Å². The Labute approximate surface area is 128 Å². The second kappa shape index (κ2) is 5.79. The number of anilines is 1. The number of hydrogen-bond donors (Lipinski definition) is 1. The number of amides is 1. The van der Waals surface area contributed by atoms with Gasteiger partial charge in [0.2, 0.25) is 5.91 Å². The summed E-state index contributed by atoms with van der Waals surface area (Å²) in [5, 5.41) is 3.66. The van der Waals surface area contributed by atoms with E-state index in [0.717, 1.165) is 37.7 Å². The van der Waals surface area contributed by atoms with Crippen LogP contribution in [0.15, 0.2) is 0 Å². The van der Waals surface area contributed by atoms with Gasteiger partial charge in [-0.1, -0.05) is 6.92 Å². The first-order valence-corrected chi connectivity index (χ1v) is 8.54. The molecule has 0 aromatic carbocycles. The van der Waals surface area contributed by atoms with E-state index >= 15 is 0 Å². The van der Waals surface area contributed by atoms with Crippen molar-refractivity contribution >= 4 is 28.2 Å². The molecule has 1 fully saturated rings. The third kappa shape index (κ3) is 2.98. The Morgan fingerprint density at radius 1 is 1.33 bits per heavy atom. The highest BCUT2D eigenvalue weighted by molar-refractivity contribution is 7.17. The number of carbonyl (C=O) groups excluding carboxylic acids is 2. The SMILES string of the molecule is CCOC(=O)c1c(NC(=O)C2CC2)sc2c1CCC(C)C2. The summed E-state index contributed by atoms with van der Waals surface area (Å²) in [6.07, 6.45) is 4.91. The van der Waals surface area contributed by atoms with Gasteiger partial charge in [-0.15, -0.1) is 11.3 Å². The van der Waals surface area contributed by atoms with Crippen molar-refractivity contribution in [2.45, 2.75) is 46.0 Å². The second-order valence-corrected chi connectivity index (χ2v) is 7.15. The van der Waals surface area contributed by atoms with Crippen LogP contribution in [0, 0.1) is 11.8 Å². The third-order valence-electron chi connectivity index (χ3n) is 4.18. The molecule has 4 nitrogen and oxygen atoms in total. The Balaban J connectivity index is 1.92. The number of rotatable bonds is 4. The molecule has 1 heterocycles. The minimum absolute atomic E-state index is 0.0483. The number of nitrogens with one attached hydrogen (secondary N) is 1. The largest absolute Gasteiger partial charge is 0.462 e. The highest BCUT2D eigenvalue weighted by atomic mass is 32.1. The summed E-state index contributed by atoms with van der Waals surface area (Å²) in [5.74, 6) is 0.527. The lowest BCUT2D eigenvalue weighted by atomic mass is 9.88. The lowest BCUT2D eigenvalue weighted by molar-refractivity contribution is -0.117. The third-order valence-corrected chi connectivity index (χ3v) is 5.35. The van der Waals surface area contributed by atoms with E-state index in [2.05, 4.69) is 12.2 Å². The lowest BCUT2D eigenvalue weighted by Gasteiger charge is -2.18. The molecule has 0 radical (unpaired) electrons. The fourth-order valence-electron chi connectivity index (χ4n) is 2.82. The number of hydrogen-bond acceptors (Lipinski definition) is 4. The Kier molecular flexibility index (Phi) is 4.02. The molecule has 0 aliphatic heterocycles. The van der Waals surface area contributed by atoms with Gasteiger partial charge in [-0.2, -0.15) is 0 Å². The van der Waals surface area contributed by atoms with Crippen LogP contribution in [0.2, 0.25) is 0 Å². The van der Waals surface area contributed by atoms with Crippen LogP contribution in [0.1, 0.15) is 53.9 Å². The van der Waals surface area contributed by atoms with Crippen LogP contribution in [-0.4, -0.2) is 18.5 Å². The molecule has 2 aliphatic rings. The Hall–Kier alpha value is -1.36. The average molecular weight is 307 g/mol. The summed E-state index contributed by atoms with van der Waals surface area (Å²) in [7, 11) is 0. The highest BCUT2D eigenvalue weighted by Gasteiger charge is 2.33. The maximum absolute atomic E-state index is 12.3. The van der Waals surface area contributed by atoms with E-state index < -0.39 is 0 Å². The fraction of sp³-hybridized carbons (Fsp3) is 0.625. The molecule has 0 bridgehead atoms. The first-order valence-electron chi connectivity index (χ1n) is 7.72. The van der Waals surface area contributed by atoms with E-state index in [4.69, 9.17) is 4.74 Å². The minimum atomic E-state index is -0.296. The second-order valence-electron chi connectivity index (χ2n) is 6.04. The average Bonchev–Trinajstić information content (AvgIpc) is 3.21. The number of fused-ring (bicyclic) bond motifs is 1. The molecule has 1 amide bonds. The maximum atomic E-state index is 12.3. The van der Waals surface area contributed by atoms with Crippen molar-refractivity contribution in [3.05, 3.63) is 16.0 Å². The smallest absolute Gasteiger partial charge is 0.341 e. The van der Waals surface area contributed by atoms with E-state index in [-0.39, 0.29) is 17.8 Å². The fourth-order valence-corrected chi connectivity index (χ4v) is 4.22. The van der Waals surface area contributed by atoms with Crippen molar-refractivity contribution in [1.29, 1.82) is 0 Å². The van der Waals surface area contributed by atoms with E-state index in [9.17, 15) is 9.59 Å². The molecule has 1 saturated carbocycles. The molecule has 0 saturated heterocycles. The van der Waals surface area contributed by atoms with E-state index in [0.29, 0.717) is 23.1 Å². The topological polar surface area (TPSA) is 55.4 Å². The zero-order valence-corrected chi connectivity index (χ0v) is 13.3. The summed E-state index contributed by atoms with van der Waals surface area (Å²) in [6, 6.07) is 0. The molecule has 1 N–H and O–H groups in total. The van der Waals surface area contributed by atoms with Gasteiger partial charge in [0, 0.05) is 10.8 Å². The van der Waals surface area contributed by atoms with Gasteiger partial charge in [-0.25, -0.2) is 4.79 Å². The van der Waals surface area contributed by atoms with Crippen LogP contribution in [0.4, 0.5) is 5.00 Å². The maximum Gasteiger partial charge on any atom is 0.341 e. The summed E-state index contributed by atoms with van der Waals surface area (Å²) in [6.45, 7) is 4.40. The van der Waals surface area contributed by atoms with Gasteiger partial charge in [-0.3, -0.25) is 4.79 Å². The standard InChI is InChI=1S/C16H21NO3S/c1-3-20-16(19)13-11-7-4-9(2)8-12(11)21-15(13)17-14(18)10-5-6-10/h9-10H,3-8H2,1-2H3,(H,17,18). The number of thiophene rings is 1. The van der Waals surface area contributed by atoms with Crippen LogP contribution >= 0.6 is 11.3 Å². The van der Waals surface area contributed by atoms with Crippen molar-refractivity contribution in [3.8, 4) is 0 Å². The lowest BCUT2D eigenvalue weighted by Crippen LogP contribution is -2.17. The predicted molar refractivity (Wildman–Crippen MR) is 82.8 cm³/mol. The van der Waals surface area contributed by atoms with Crippen molar-refractivity contribution in [1.82, 2.24) is 0 Å². The molecular weight excluding hydrogens is 286 g/mol. The minimum Gasteiger partial charge on any atom is -0.462 e. The summed E-state index contributed by atoms with van der Waals surface area (Å²) in [5.41, 5.74) is 1.71. The van der Waals surface area contributed by atoms with E-state index in [1.54, 1.807) is 18.3 Å². The van der Waals surface area contributed by atoms with Gasteiger partial charge in [0.15, 0.2) is 0 Å². The zero-order valence-electron chi connectivity index (χ0n) is 12.5. The normalized spacial score (nSPS) is 20.8. The van der Waals surface area contributed by atoms with Gasteiger partial charge in [0.25, 0.3) is 0 Å². The predicted octanol–water partition coefficient (Wildman–Crippen LogP) is 3.40. The van der Waals surface area contributed by atoms with E-state index in [1.807, 2.05) is 0 Å². The van der Waals surface area contributed by atoms with Gasteiger partial charge < -0.3 is 10.1 Å². The van der Waals surface area contributed by atoms with Crippen molar-refractivity contribution < 1.29 is 14.3 Å². The highest BCUT2D eigenvalue weighted by Crippen LogP contribution is 2.41. The molecule has 3 rings (SSSR count). The van der Waals surface area contributed by atoms with Crippen molar-refractivity contribution in [3.63, 3.8) is 0 Å². The van der Waals surface area contributed by atoms with Crippen LogP contribution in [0.3, 0.4) is 0 Å². The van der Waals surface area contributed by atoms with Gasteiger partial charge >= 0.3 is 5.97 Å². The first kappa shape index (κ1) is 14.6. The molecule has 114 valence electrons. The molecule has 1 aromatic heterocycles. The monoisotopic (exact) mass is 307 g/mol. The molecule has 1 unspecified atom stereocenters. The van der Waals surface area contributed by atoms with Gasteiger partial charge in [-0.05, 0) is 50.5 Å². The number of esters is 1. The molecule has 2 aliphatic carbocycles. The number of carbonyl (C=O) groups is 2. The van der Waals surface area contributed by atoms with Crippen LogP contribution in [0.5, 0.6) is 0 Å². The van der Waals surface area contributed by atoms with Crippen molar-refractivity contribution in [2.24, 2.45) is 11.8 Å². The van der Waals surface area contributed by atoms with Gasteiger partial charge in [0.05, 0.1) is 12.2 Å². The Morgan fingerprint density at radius 2 is 2.10 bits per heavy atom. The Morgan fingerprint density at radius 3 is 2.76 bits per heavy atom. The molecule has 5 heteroatoms. The zero-order chi connectivity index (χ0) is 15.0. The van der Waals surface area contributed by atoms with Crippen LogP contribution in [0.25, 0.3) is 0 Å². The molecule has 1 atom stereocenters. The summed E-state index contributed by atoms with van der Waals surface area (Å²) in [4.78, 5) is 25.5. The van der Waals surface area contributed by atoms with Gasteiger partial charge in [0.1, 0.15) is 5.00 Å². The van der Waals surface area contributed by atoms with E-state index in [1.165, 1.54) is 4.88 Å². The first-order chi connectivity index (χ1) is 10.1. The van der Waals surface area contributed by atoms with Crippen molar-refractivity contribution in [2.75, 3.05) is 11.9 Å². The molecule has 21 heavy (non-hydrogen) atoms.